The summed E-state index contributed by atoms with van der Waals surface area (Å²) in [6, 6.07) is 17.9. The summed E-state index contributed by atoms with van der Waals surface area (Å²) in [4.78, 5) is 71.6. The number of thiophene rings is 1. The number of nitrogens with zero attached hydrogens (tertiary/aromatic N) is 7. The second-order valence-corrected chi connectivity index (χ2v) is 20.6. The Kier molecular flexibility index (Phi) is 12.2. The molecule has 350 valence electrons. The highest BCUT2D eigenvalue weighted by atomic mass is 32.1. The Labute approximate surface area is 400 Å². The Morgan fingerprint density at radius 1 is 0.912 bits per heavy atom. The van der Waals surface area contributed by atoms with Gasteiger partial charge in [0, 0.05) is 29.0 Å². The number of β-amino-alcohol motifs (C(OH)–C–C–N with tert-alkyl or cyclic N) is 1. The molecule has 1 fully saturated rings. The van der Waals surface area contributed by atoms with Gasteiger partial charge < -0.3 is 30.2 Å². The first-order valence-corrected chi connectivity index (χ1v) is 24.0. The van der Waals surface area contributed by atoms with Crippen molar-refractivity contribution in [3.8, 4) is 26.6 Å². The molecule has 6 heterocycles. The van der Waals surface area contributed by atoms with Crippen LogP contribution in [0, 0.1) is 33.1 Å². The minimum atomic E-state index is -1.10. The van der Waals surface area contributed by atoms with Gasteiger partial charge in [-0.2, -0.15) is 0 Å². The Balaban J connectivity index is 0.912. The number of aliphatic hydroxyl groups is 1. The number of likely N-dealkylation sites (tertiary alicyclic amines) is 1. The highest BCUT2D eigenvalue weighted by Crippen LogP contribution is 2.40. The molecule has 68 heavy (non-hydrogen) atoms. The zero-order valence-electron chi connectivity index (χ0n) is 38.8. The monoisotopic (exact) mass is 953 g/mol. The number of carboxylic acids is 1. The Morgan fingerprint density at radius 3 is 2.28 bits per heavy atom. The van der Waals surface area contributed by atoms with Crippen molar-refractivity contribution in [3.63, 3.8) is 0 Å². The fraction of sp³-hybridized carbons (Fsp3) is 0.340. The smallest absolute Gasteiger partial charge is 0.307 e. The molecular formula is C50H51N9O7S2. The van der Waals surface area contributed by atoms with Crippen LogP contribution >= 0.6 is 22.7 Å². The summed E-state index contributed by atoms with van der Waals surface area (Å²) in [6.45, 7) is 15.1. The van der Waals surface area contributed by atoms with E-state index in [1.54, 1.807) is 28.7 Å². The number of rotatable bonds is 11. The first kappa shape index (κ1) is 46.2. The SMILES string of the molecule is Cc1ncsc1-c1ccc(C(C)NC(=O)[C@@H]2C[C@@H](O)CN2C(=O)C(NC(=O)c2nc3cc(-c4ccc(C5=N[C@@H](CC(=O)O)c6nnc(C)n6-c6sc(C)c(C)c65)cc4)ccc3o2)C(C)(C)C)cc1. The molecule has 4 aromatic heterocycles. The predicted molar refractivity (Wildman–Crippen MR) is 259 cm³/mol. The van der Waals surface area contributed by atoms with Gasteiger partial charge in [0.15, 0.2) is 11.4 Å². The second-order valence-electron chi connectivity index (χ2n) is 18.6. The van der Waals surface area contributed by atoms with Crippen molar-refractivity contribution in [1.82, 2.24) is 40.3 Å². The van der Waals surface area contributed by atoms with Crippen LogP contribution in [0.3, 0.4) is 0 Å². The molecule has 0 bridgehead atoms. The van der Waals surface area contributed by atoms with Crippen LogP contribution in [0.25, 0.3) is 37.7 Å². The molecule has 7 aromatic rings. The van der Waals surface area contributed by atoms with Crippen LogP contribution in [-0.4, -0.2) is 94.0 Å². The number of amides is 3. The number of fused-ring (bicyclic) bond motifs is 4. The second kappa shape index (κ2) is 18.0. The Bertz CT molecular complexity index is 3140. The minimum Gasteiger partial charge on any atom is -0.481 e. The molecule has 5 atom stereocenters. The molecule has 16 nitrogen and oxygen atoms in total. The third kappa shape index (κ3) is 8.74. The standard InChI is InChI=1S/C50H51N9O7S2/c1-24-27(4)68-49-40(24)41(53-36(21-39(61)62)44-57-56-28(5)59(44)49)31-13-11-30(12-14-31)33-17-18-38-35(19-33)54-47(66-38)46(64)55-43(50(6,7)8)48(65)58-22-34(60)20-37(58)45(63)52-25(2)29-9-15-32(16-10-29)42-26(3)51-23-67-42/h9-19,23,25,34,36-37,43,60H,20-22H2,1-8H3,(H,52,63)(H,55,64)(H,61,62)/t25?,34-,36+,37+,43?/m1/s1. The minimum absolute atomic E-state index is 0.0517. The van der Waals surface area contributed by atoms with Crippen molar-refractivity contribution < 1.29 is 33.8 Å². The van der Waals surface area contributed by atoms with Gasteiger partial charge in [-0.15, -0.1) is 32.9 Å². The summed E-state index contributed by atoms with van der Waals surface area (Å²) >= 11 is 3.16. The lowest BCUT2D eigenvalue weighted by molar-refractivity contribution is -0.142. The van der Waals surface area contributed by atoms with E-state index in [0.717, 1.165) is 59.4 Å². The number of aliphatic carboxylic acids is 1. The molecule has 0 aliphatic carbocycles. The van der Waals surface area contributed by atoms with Crippen molar-refractivity contribution in [3.05, 3.63) is 123 Å². The predicted octanol–water partition coefficient (Wildman–Crippen LogP) is 7.84. The number of carbonyl (C=O) groups excluding carboxylic acids is 3. The van der Waals surface area contributed by atoms with Crippen molar-refractivity contribution in [2.75, 3.05) is 6.54 Å². The van der Waals surface area contributed by atoms with Gasteiger partial charge in [-0.3, -0.25) is 28.7 Å². The van der Waals surface area contributed by atoms with E-state index in [-0.39, 0.29) is 31.3 Å². The summed E-state index contributed by atoms with van der Waals surface area (Å²) in [7, 11) is 0. The van der Waals surface area contributed by atoms with Gasteiger partial charge in [0.05, 0.1) is 40.4 Å². The van der Waals surface area contributed by atoms with Crippen LogP contribution in [0.5, 0.6) is 0 Å². The number of oxazole rings is 1. The van der Waals surface area contributed by atoms with Crippen molar-refractivity contribution in [2.45, 2.75) is 98.5 Å². The molecule has 2 aliphatic rings. The molecule has 0 saturated carbocycles. The van der Waals surface area contributed by atoms with Crippen LogP contribution in [-0.2, 0) is 14.4 Å². The van der Waals surface area contributed by atoms with Crippen LogP contribution in [0.4, 0.5) is 0 Å². The number of aromatic nitrogens is 5. The highest BCUT2D eigenvalue weighted by Gasteiger charge is 2.45. The van der Waals surface area contributed by atoms with Crippen LogP contribution in [0.2, 0.25) is 0 Å². The molecular weight excluding hydrogens is 903 g/mol. The maximum atomic E-state index is 14.4. The van der Waals surface area contributed by atoms with E-state index in [4.69, 9.17) is 9.41 Å². The van der Waals surface area contributed by atoms with E-state index in [0.29, 0.717) is 28.5 Å². The lowest BCUT2D eigenvalue weighted by Gasteiger charge is -2.35. The number of carbonyl (C=O) groups is 4. The number of carboxylic acid groups (broad SMARTS) is 1. The number of aliphatic imine (C=N–C) groups is 1. The zero-order valence-corrected chi connectivity index (χ0v) is 40.5. The number of hydrogen-bond donors (Lipinski definition) is 4. The molecule has 0 radical (unpaired) electrons. The maximum Gasteiger partial charge on any atom is 0.307 e. The molecule has 0 spiro atoms. The summed E-state index contributed by atoms with van der Waals surface area (Å²) in [5.74, 6) is -1.70. The average Bonchev–Trinajstić information content (AvgIpc) is 4.14. The summed E-state index contributed by atoms with van der Waals surface area (Å²) in [6.07, 6.45) is -1.12. The normalized spacial score (nSPS) is 17.8. The van der Waals surface area contributed by atoms with Crippen LogP contribution < -0.4 is 10.6 Å². The van der Waals surface area contributed by atoms with E-state index in [1.165, 1.54) is 4.90 Å². The van der Waals surface area contributed by atoms with Gasteiger partial charge >= 0.3 is 11.9 Å². The van der Waals surface area contributed by atoms with Gasteiger partial charge in [0.2, 0.25) is 11.8 Å². The number of aryl methyl sites for hydroxylation is 3. The zero-order chi connectivity index (χ0) is 48.3. The molecule has 2 unspecified atom stereocenters. The summed E-state index contributed by atoms with van der Waals surface area (Å²) in [5, 5.41) is 36.0. The Hall–Kier alpha value is -6.89. The highest BCUT2D eigenvalue weighted by molar-refractivity contribution is 7.15. The number of thiazole rings is 1. The topological polar surface area (TPSA) is 218 Å². The molecule has 4 N–H and O–H groups in total. The van der Waals surface area contributed by atoms with E-state index in [1.807, 2.05) is 126 Å². The number of aliphatic hydroxyl groups excluding tert-OH is 1. The molecule has 3 aromatic carbocycles. The van der Waals surface area contributed by atoms with Gasteiger partial charge in [0.25, 0.3) is 5.89 Å². The van der Waals surface area contributed by atoms with Crippen LogP contribution in [0.1, 0.15) is 108 Å². The average molecular weight is 954 g/mol. The Morgan fingerprint density at radius 2 is 1.60 bits per heavy atom. The number of nitrogens with one attached hydrogen (secondary N) is 2. The summed E-state index contributed by atoms with van der Waals surface area (Å²) < 4.78 is 7.86. The first-order chi connectivity index (χ1) is 32.4. The van der Waals surface area contributed by atoms with Crippen molar-refractivity contribution in [1.29, 1.82) is 0 Å². The number of hydrogen-bond acceptors (Lipinski definition) is 13. The molecule has 2 aliphatic heterocycles. The van der Waals surface area contributed by atoms with Gasteiger partial charge in [0.1, 0.15) is 34.5 Å². The fourth-order valence-electron chi connectivity index (χ4n) is 8.92. The number of benzene rings is 3. The lowest BCUT2D eigenvalue weighted by Crippen LogP contribution is -2.57. The first-order valence-electron chi connectivity index (χ1n) is 22.3. The molecule has 9 rings (SSSR count). The van der Waals surface area contributed by atoms with E-state index in [9.17, 15) is 29.4 Å². The van der Waals surface area contributed by atoms with Crippen molar-refractivity contribution in [2.24, 2.45) is 10.4 Å². The molecule has 3 amide bonds. The van der Waals surface area contributed by atoms with Gasteiger partial charge in [-0.1, -0.05) is 75.4 Å². The third-order valence-corrected chi connectivity index (χ3v) is 14.9. The molecule has 18 heteroatoms. The van der Waals surface area contributed by atoms with Gasteiger partial charge in [-0.05, 0) is 80.0 Å². The quantitative estimate of drug-likeness (QED) is 0.0979. The van der Waals surface area contributed by atoms with E-state index < -0.39 is 53.3 Å². The van der Waals surface area contributed by atoms with Gasteiger partial charge in [-0.25, -0.2) is 9.97 Å². The van der Waals surface area contributed by atoms with Crippen LogP contribution in [0.15, 0.2) is 81.7 Å². The lowest BCUT2D eigenvalue weighted by atomic mass is 9.85. The van der Waals surface area contributed by atoms with Crippen molar-refractivity contribution >= 4 is 63.2 Å². The molecule has 1 saturated heterocycles. The fourth-order valence-corrected chi connectivity index (χ4v) is 10.9. The maximum absolute atomic E-state index is 14.4. The van der Waals surface area contributed by atoms with E-state index >= 15 is 0 Å². The van der Waals surface area contributed by atoms with E-state index in [2.05, 4.69) is 30.8 Å². The largest absolute Gasteiger partial charge is 0.481 e. The summed E-state index contributed by atoms with van der Waals surface area (Å²) in [5.41, 5.74) is 9.76. The third-order valence-electron chi connectivity index (χ3n) is 12.7.